The Balaban J connectivity index is 1.99. The van der Waals surface area contributed by atoms with Gasteiger partial charge in [0.2, 0.25) is 0 Å². The molecule has 0 atom stereocenters. The Hall–Kier alpha value is -2.19. The SMILES string of the molecule is CCCc1nn(C)c2c(=O)[nH]c(Cc3ccc(S(=O)(=O)Cl)cc3)nc12. The Morgan fingerprint density at radius 3 is 2.52 bits per heavy atom. The molecular formula is C16H17ClN4O3S. The molecule has 3 rings (SSSR count). The maximum absolute atomic E-state index is 12.4. The van der Waals surface area contributed by atoms with E-state index in [0.29, 0.717) is 23.3 Å². The summed E-state index contributed by atoms with van der Waals surface area (Å²) in [7, 11) is 3.29. The molecule has 0 spiro atoms. The quantitative estimate of drug-likeness (QED) is 0.684. The van der Waals surface area contributed by atoms with Gasteiger partial charge in [0.25, 0.3) is 14.6 Å². The highest BCUT2D eigenvalue weighted by Crippen LogP contribution is 2.18. The molecular weight excluding hydrogens is 364 g/mol. The molecule has 25 heavy (non-hydrogen) atoms. The van der Waals surface area contributed by atoms with Crippen molar-refractivity contribution >= 4 is 30.8 Å². The third-order valence-electron chi connectivity index (χ3n) is 3.87. The fraction of sp³-hybridized carbons (Fsp3) is 0.312. The number of hydrogen-bond donors (Lipinski definition) is 1. The van der Waals surface area contributed by atoms with Gasteiger partial charge in [0.1, 0.15) is 11.3 Å². The van der Waals surface area contributed by atoms with Crippen LogP contribution < -0.4 is 5.56 Å². The van der Waals surface area contributed by atoms with E-state index in [2.05, 4.69) is 15.1 Å². The molecule has 1 aromatic carbocycles. The molecule has 2 heterocycles. The number of fused-ring (bicyclic) bond motifs is 1. The first-order chi connectivity index (χ1) is 11.8. The Labute approximate surface area is 149 Å². The Morgan fingerprint density at radius 1 is 1.24 bits per heavy atom. The third-order valence-corrected chi connectivity index (χ3v) is 5.24. The van der Waals surface area contributed by atoms with Crippen LogP contribution in [0.15, 0.2) is 34.0 Å². The normalized spacial score (nSPS) is 12.0. The van der Waals surface area contributed by atoms with Gasteiger partial charge in [-0.2, -0.15) is 5.10 Å². The van der Waals surface area contributed by atoms with Crippen LogP contribution in [-0.4, -0.2) is 28.2 Å². The van der Waals surface area contributed by atoms with E-state index < -0.39 is 9.05 Å². The number of rotatable bonds is 5. The molecule has 7 nitrogen and oxygen atoms in total. The molecule has 0 amide bonds. The molecule has 3 aromatic rings. The largest absolute Gasteiger partial charge is 0.308 e. The van der Waals surface area contributed by atoms with Gasteiger partial charge in [-0.1, -0.05) is 25.5 Å². The zero-order chi connectivity index (χ0) is 18.2. The van der Waals surface area contributed by atoms with Crippen LogP contribution in [0.25, 0.3) is 11.0 Å². The second-order valence-electron chi connectivity index (χ2n) is 5.79. The molecule has 0 bridgehead atoms. The first-order valence-electron chi connectivity index (χ1n) is 7.78. The van der Waals surface area contributed by atoms with E-state index >= 15 is 0 Å². The minimum absolute atomic E-state index is 0.0345. The molecule has 0 saturated carbocycles. The van der Waals surface area contributed by atoms with Gasteiger partial charge in [-0.3, -0.25) is 9.48 Å². The number of H-pyrrole nitrogens is 1. The lowest BCUT2D eigenvalue weighted by Crippen LogP contribution is -2.14. The summed E-state index contributed by atoms with van der Waals surface area (Å²) < 4.78 is 24.1. The summed E-state index contributed by atoms with van der Waals surface area (Å²) in [5.41, 5.74) is 2.44. The van der Waals surface area contributed by atoms with Crippen LogP contribution in [0.2, 0.25) is 0 Å². The van der Waals surface area contributed by atoms with Crippen molar-refractivity contribution in [2.75, 3.05) is 0 Å². The smallest absolute Gasteiger partial charge is 0.277 e. The number of benzene rings is 1. The number of hydrogen-bond acceptors (Lipinski definition) is 5. The summed E-state index contributed by atoms with van der Waals surface area (Å²) in [6, 6.07) is 6.16. The number of halogens is 1. The van der Waals surface area contributed by atoms with Crippen molar-refractivity contribution < 1.29 is 8.42 Å². The van der Waals surface area contributed by atoms with Crippen LogP contribution in [0.3, 0.4) is 0 Å². The number of nitrogens with one attached hydrogen (secondary N) is 1. The third kappa shape index (κ3) is 3.59. The second-order valence-corrected chi connectivity index (χ2v) is 8.35. The van der Waals surface area contributed by atoms with Crippen LogP contribution in [0.1, 0.15) is 30.4 Å². The monoisotopic (exact) mass is 380 g/mol. The lowest BCUT2D eigenvalue weighted by atomic mass is 10.1. The van der Waals surface area contributed by atoms with Gasteiger partial charge in [-0.25, -0.2) is 13.4 Å². The van der Waals surface area contributed by atoms with Crippen LogP contribution in [0, 0.1) is 0 Å². The molecule has 0 fully saturated rings. The van der Waals surface area contributed by atoms with Crippen LogP contribution in [0.5, 0.6) is 0 Å². The predicted octanol–water partition coefficient (Wildman–Crippen LogP) is 2.13. The summed E-state index contributed by atoms with van der Waals surface area (Å²) in [5, 5.41) is 4.38. The average molecular weight is 381 g/mol. The summed E-state index contributed by atoms with van der Waals surface area (Å²) in [4.78, 5) is 19.7. The fourth-order valence-corrected chi connectivity index (χ4v) is 3.52. The molecule has 0 radical (unpaired) electrons. The Kier molecular flexibility index (Phi) is 4.66. The van der Waals surface area contributed by atoms with Gasteiger partial charge in [0.05, 0.1) is 10.6 Å². The van der Waals surface area contributed by atoms with Gasteiger partial charge >= 0.3 is 0 Å². The van der Waals surface area contributed by atoms with Crippen LogP contribution >= 0.6 is 10.7 Å². The predicted molar refractivity (Wildman–Crippen MR) is 95.4 cm³/mol. The minimum atomic E-state index is -3.75. The number of aromatic nitrogens is 4. The van der Waals surface area contributed by atoms with Gasteiger partial charge in [-0.15, -0.1) is 0 Å². The summed E-state index contributed by atoms with van der Waals surface area (Å²) in [5.74, 6) is 0.504. The van der Waals surface area contributed by atoms with Crippen molar-refractivity contribution in [1.82, 2.24) is 19.7 Å². The van der Waals surface area contributed by atoms with Gasteiger partial charge in [0, 0.05) is 24.2 Å². The maximum Gasteiger partial charge on any atom is 0.277 e. The highest BCUT2D eigenvalue weighted by Gasteiger charge is 2.15. The molecule has 9 heteroatoms. The van der Waals surface area contributed by atoms with E-state index in [0.717, 1.165) is 24.1 Å². The molecule has 2 aromatic heterocycles. The standard InChI is InChI=1S/C16H17ClN4O3S/c1-3-4-12-14-15(21(2)20-12)16(22)19-13(18-14)9-10-5-7-11(8-6-10)25(17,23)24/h5-8H,3-4,9H2,1-2H3,(H,18,19,22). The van der Waals surface area contributed by atoms with E-state index in [1.165, 1.54) is 12.1 Å². The van der Waals surface area contributed by atoms with Gasteiger partial charge in [-0.05, 0) is 24.1 Å². The zero-order valence-electron chi connectivity index (χ0n) is 13.8. The van der Waals surface area contributed by atoms with Crippen molar-refractivity contribution in [3.05, 3.63) is 51.7 Å². The number of aryl methyl sites for hydroxylation is 2. The topological polar surface area (TPSA) is 97.7 Å². The first kappa shape index (κ1) is 17.6. The summed E-state index contributed by atoms with van der Waals surface area (Å²) in [6.45, 7) is 2.04. The highest BCUT2D eigenvalue weighted by atomic mass is 35.7. The number of aromatic amines is 1. The Bertz CT molecular complexity index is 1090. The molecule has 132 valence electrons. The molecule has 0 aliphatic heterocycles. The zero-order valence-corrected chi connectivity index (χ0v) is 15.4. The van der Waals surface area contributed by atoms with Crippen LogP contribution in [0.4, 0.5) is 0 Å². The van der Waals surface area contributed by atoms with E-state index in [9.17, 15) is 13.2 Å². The van der Waals surface area contributed by atoms with Crippen molar-refractivity contribution in [3.63, 3.8) is 0 Å². The lowest BCUT2D eigenvalue weighted by molar-refractivity contribution is 0.609. The molecule has 0 saturated heterocycles. The molecule has 0 aliphatic carbocycles. The summed E-state index contributed by atoms with van der Waals surface area (Å²) in [6.07, 6.45) is 2.02. The van der Waals surface area contributed by atoms with E-state index in [1.54, 1.807) is 23.9 Å². The Morgan fingerprint density at radius 2 is 1.92 bits per heavy atom. The van der Waals surface area contributed by atoms with Crippen LogP contribution in [-0.2, 0) is 28.9 Å². The fourth-order valence-electron chi connectivity index (χ4n) is 2.75. The van der Waals surface area contributed by atoms with E-state index in [-0.39, 0.29) is 10.5 Å². The van der Waals surface area contributed by atoms with Crippen molar-refractivity contribution in [2.45, 2.75) is 31.1 Å². The molecule has 0 aliphatic rings. The first-order valence-corrected chi connectivity index (χ1v) is 10.1. The lowest BCUT2D eigenvalue weighted by Gasteiger charge is -2.03. The van der Waals surface area contributed by atoms with Crippen molar-refractivity contribution in [3.8, 4) is 0 Å². The summed E-state index contributed by atoms with van der Waals surface area (Å²) >= 11 is 0. The average Bonchev–Trinajstić information content (AvgIpc) is 2.84. The molecule has 0 unspecified atom stereocenters. The maximum atomic E-state index is 12.4. The van der Waals surface area contributed by atoms with Crippen molar-refractivity contribution in [2.24, 2.45) is 7.05 Å². The number of nitrogens with zero attached hydrogens (tertiary/aromatic N) is 3. The van der Waals surface area contributed by atoms with E-state index in [1.807, 2.05) is 6.92 Å². The van der Waals surface area contributed by atoms with Crippen molar-refractivity contribution in [1.29, 1.82) is 0 Å². The van der Waals surface area contributed by atoms with Gasteiger partial charge < -0.3 is 4.98 Å². The molecule has 1 N–H and O–H groups in total. The van der Waals surface area contributed by atoms with E-state index in [4.69, 9.17) is 10.7 Å². The second kappa shape index (κ2) is 6.61. The minimum Gasteiger partial charge on any atom is -0.308 e. The van der Waals surface area contributed by atoms with Gasteiger partial charge in [0.15, 0.2) is 5.52 Å². The highest BCUT2D eigenvalue weighted by molar-refractivity contribution is 8.13.